The lowest BCUT2D eigenvalue weighted by molar-refractivity contribution is -0.135. The Morgan fingerprint density at radius 2 is 2.15 bits per heavy atom. The lowest BCUT2D eigenvalue weighted by Gasteiger charge is -2.41. The predicted molar refractivity (Wildman–Crippen MR) is 91.4 cm³/mol. The number of carbonyl (C=O) groups is 1. The number of nitrogens with zero attached hydrogens (tertiary/aromatic N) is 3. The van der Waals surface area contributed by atoms with Crippen molar-refractivity contribution in [3.8, 4) is 0 Å². The molecule has 3 aliphatic heterocycles. The SMILES string of the molecule is COCC12COC(c3nc(C4CCC(=O)N(CC5CCC5)C4)no3)(C1)C2. The maximum atomic E-state index is 12.2. The van der Waals surface area contributed by atoms with Crippen molar-refractivity contribution in [1.29, 1.82) is 0 Å². The number of methoxy groups -OCH3 is 1. The summed E-state index contributed by atoms with van der Waals surface area (Å²) in [4.78, 5) is 19.0. The molecule has 3 saturated heterocycles. The Labute approximate surface area is 153 Å². The zero-order chi connectivity index (χ0) is 17.8. The third-order valence-electron chi connectivity index (χ3n) is 6.83. The molecule has 0 aromatic carbocycles. The predicted octanol–water partition coefficient (Wildman–Crippen LogP) is 2.23. The molecule has 6 rings (SSSR count). The van der Waals surface area contributed by atoms with E-state index in [0.717, 1.165) is 44.8 Å². The van der Waals surface area contributed by atoms with E-state index in [1.165, 1.54) is 19.3 Å². The number of rotatable bonds is 6. The summed E-state index contributed by atoms with van der Waals surface area (Å²) in [5.74, 6) is 2.48. The highest BCUT2D eigenvalue weighted by Crippen LogP contribution is 2.62. The molecule has 1 aromatic heterocycles. The van der Waals surface area contributed by atoms with Crippen LogP contribution in [-0.2, 0) is 19.9 Å². The van der Waals surface area contributed by atoms with E-state index in [4.69, 9.17) is 19.0 Å². The van der Waals surface area contributed by atoms with Crippen molar-refractivity contribution in [3.63, 3.8) is 0 Å². The Morgan fingerprint density at radius 1 is 1.31 bits per heavy atom. The average Bonchev–Trinajstić information content (AvgIpc) is 3.25. The Bertz CT molecular complexity index is 693. The Hall–Kier alpha value is -1.47. The summed E-state index contributed by atoms with van der Waals surface area (Å²) < 4.78 is 17.0. The van der Waals surface area contributed by atoms with Crippen LogP contribution in [0, 0.1) is 11.3 Å². The van der Waals surface area contributed by atoms with Crippen LogP contribution in [0.2, 0.25) is 0 Å². The van der Waals surface area contributed by atoms with Crippen molar-refractivity contribution in [2.45, 2.75) is 56.5 Å². The van der Waals surface area contributed by atoms with Crippen molar-refractivity contribution < 1.29 is 18.8 Å². The number of carbonyl (C=O) groups excluding carboxylic acids is 1. The van der Waals surface area contributed by atoms with Gasteiger partial charge in [0.25, 0.3) is 5.89 Å². The molecular formula is C19H27N3O4. The number of piperidine rings is 1. The first kappa shape index (κ1) is 16.7. The van der Waals surface area contributed by atoms with Gasteiger partial charge >= 0.3 is 0 Å². The van der Waals surface area contributed by atoms with Crippen LogP contribution in [0.1, 0.15) is 62.6 Å². The Morgan fingerprint density at radius 3 is 2.88 bits per heavy atom. The summed E-state index contributed by atoms with van der Waals surface area (Å²) in [6.45, 7) is 3.03. The summed E-state index contributed by atoms with van der Waals surface area (Å²) in [6.07, 6.45) is 6.99. The third-order valence-corrected chi connectivity index (χ3v) is 6.83. The molecule has 26 heavy (non-hydrogen) atoms. The Kier molecular flexibility index (Phi) is 3.87. The molecular weight excluding hydrogens is 334 g/mol. The van der Waals surface area contributed by atoms with E-state index in [2.05, 4.69) is 5.16 Å². The molecule has 0 N–H and O–H groups in total. The van der Waals surface area contributed by atoms with Crippen molar-refractivity contribution in [2.75, 3.05) is 33.4 Å². The lowest BCUT2D eigenvalue weighted by Crippen LogP contribution is -2.45. The van der Waals surface area contributed by atoms with Gasteiger partial charge in [-0.3, -0.25) is 4.79 Å². The molecule has 0 radical (unpaired) electrons. The quantitative estimate of drug-likeness (QED) is 0.773. The van der Waals surface area contributed by atoms with Gasteiger partial charge in [0.15, 0.2) is 5.82 Å². The van der Waals surface area contributed by atoms with Gasteiger partial charge in [-0.05, 0) is 38.0 Å². The van der Waals surface area contributed by atoms with Crippen LogP contribution in [0.15, 0.2) is 4.52 Å². The lowest BCUT2D eigenvalue weighted by atomic mass is 9.63. The van der Waals surface area contributed by atoms with Crippen molar-refractivity contribution in [2.24, 2.45) is 11.3 Å². The third kappa shape index (κ3) is 2.59. The molecule has 1 aromatic rings. The van der Waals surface area contributed by atoms with E-state index in [9.17, 15) is 4.79 Å². The molecule has 1 unspecified atom stereocenters. The fourth-order valence-corrected chi connectivity index (χ4v) is 5.19. The molecule has 4 heterocycles. The summed E-state index contributed by atoms with van der Waals surface area (Å²) in [5, 5.41) is 4.26. The topological polar surface area (TPSA) is 77.7 Å². The van der Waals surface area contributed by atoms with Crippen LogP contribution >= 0.6 is 0 Å². The average molecular weight is 361 g/mol. The normalized spacial score (nSPS) is 36.9. The molecule has 2 bridgehead atoms. The number of hydrogen-bond donors (Lipinski definition) is 0. The van der Waals surface area contributed by atoms with Gasteiger partial charge in [-0.15, -0.1) is 0 Å². The van der Waals surface area contributed by atoms with Crippen molar-refractivity contribution in [3.05, 3.63) is 11.7 Å². The highest BCUT2D eigenvalue weighted by atomic mass is 16.6. The molecule has 1 amide bonds. The minimum atomic E-state index is -0.403. The summed E-state index contributed by atoms with van der Waals surface area (Å²) in [6, 6.07) is 0. The summed E-state index contributed by atoms with van der Waals surface area (Å²) >= 11 is 0. The van der Waals surface area contributed by atoms with Gasteiger partial charge in [0.2, 0.25) is 5.91 Å². The fraction of sp³-hybridized carbons (Fsp3) is 0.842. The van der Waals surface area contributed by atoms with Gasteiger partial charge in [-0.1, -0.05) is 11.6 Å². The van der Waals surface area contributed by atoms with E-state index in [0.29, 0.717) is 24.8 Å². The first-order valence-corrected chi connectivity index (χ1v) is 9.86. The molecule has 5 aliphatic rings. The van der Waals surface area contributed by atoms with Crippen molar-refractivity contribution >= 4 is 5.91 Å². The first-order valence-electron chi connectivity index (χ1n) is 9.86. The molecule has 142 valence electrons. The maximum absolute atomic E-state index is 12.2. The molecule has 2 saturated carbocycles. The zero-order valence-corrected chi connectivity index (χ0v) is 15.4. The van der Waals surface area contributed by atoms with Gasteiger partial charge in [-0.2, -0.15) is 4.98 Å². The van der Waals surface area contributed by atoms with Crippen LogP contribution in [0.3, 0.4) is 0 Å². The van der Waals surface area contributed by atoms with E-state index < -0.39 is 5.60 Å². The van der Waals surface area contributed by atoms with Crippen LogP contribution < -0.4 is 0 Å². The number of aromatic nitrogens is 2. The van der Waals surface area contributed by atoms with Crippen LogP contribution in [0.5, 0.6) is 0 Å². The van der Waals surface area contributed by atoms with Crippen LogP contribution in [0.25, 0.3) is 0 Å². The number of hydrogen-bond acceptors (Lipinski definition) is 6. The zero-order valence-electron chi connectivity index (χ0n) is 15.4. The smallest absolute Gasteiger partial charge is 0.258 e. The fourth-order valence-electron chi connectivity index (χ4n) is 5.19. The van der Waals surface area contributed by atoms with Gasteiger partial charge in [-0.25, -0.2) is 0 Å². The second-order valence-electron chi connectivity index (χ2n) is 8.86. The molecule has 2 aliphatic carbocycles. The van der Waals surface area contributed by atoms with Crippen LogP contribution in [-0.4, -0.2) is 54.4 Å². The molecule has 0 spiro atoms. The van der Waals surface area contributed by atoms with E-state index in [1.807, 2.05) is 4.90 Å². The van der Waals surface area contributed by atoms with Crippen molar-refractivity contribution in [1.82, 2.24) is 15.0 Å². The maximum Gasteiger partial charge on any atom is 0.258 e. The minimum absolute atomic E-state index is 0.125. The van der Waals surface area contributed by atoms with Gasteiger partial charge in [0.05, 0.1) is 13.2 Å². The number of fused-ring (bicyclic) bond motifs is 1. The minimum Gasteiger partial charge on any atom is -0.384 e. The monoisotopic (exact) mass is 361 g/mol. The van der Waals surface area contributed by atoms with Gasteiger partial charge < -0.3 is 18.9 Å². The Balaban J connectivity index is 1.26. The first-order chi connectivity index (χ1) is 12.6. The highest BCUT2D eigenvalue weighted by Gasteiger charge is 2.66. The number of amides is 1. The van der Waals surface area contributed by atoms with E-state index in [1.54, 1.807) is 7.11 Å². The standard InChI is InChI=1S/C19H27N3O4/c1-24-11-18-9-19(10-18,25-12-18)17-20-16(21-26-17)14-5-6-15(23)22(8-14)7-13-3-2-4-13/h13-14H,2-12H2,1H3. The largest absolute Gasteiger partial charge is 0.384 e. The number of likely N-dealkylation sites (tertiary alicyclic amines) is 1. The van der Waals surface area contributed by atoms with Gasteiger partial charge in [0.1, 0.15) is 5.60 Å². The molecule has 5 fully saturated rings. The molecule has 7 nitrogen and oxygen atoms in total. The summed E-state index contributed by atoms with van der Waals surface area (Å²) in [7, 11) is 1.73. The van der Waals surface area contributed by atoms with Crippen LogP contribution in [0.4, 0.5) is 0 Å². The molecule has 7 heteroatoms. The van der Waals surface area contributed by atoms with E-state index >= 15 is 0 Å². The molecule has 1 atom stereocenters. The highest BCUT2D eigenvalue weighted by molar-refractivity contribution is 5.77. The number of ether oxygens (including phenoxy) is 2. The van der Waals surface area contributed by atoms with Gasteiger partial charge in [0, 0.05) is 38.0 Å². The second-order valence-corrected chi connectivity index (χ2v) is 8.86. The summed E-state index contributed by atoms with van der Waals surface area (Å²) in [5.41, 5.74) is -0.278. The second kappa shape index (κ2) is 6.02. The van der Waals surface area contributed by atoms with E-state index in [-0.39, 0.29) is 17.2 Å².